The first-order chi connectivity index (χ1) is 20.0. The van der Waals surface area contributed by atoms with E-state index in [-0.39, 0.29) is 17.0 Å². The van der Waals surface area contributed by atoms with Crippen LogP contribution in [0.15, 0.2) is 109 Å². The van der Waals surface area contributed by atoms with Crippen LogP contribution in [-0.4, -0.2) is 28.8 Å². The van der Waals surface area contributed by atoms with Gasteiger partial charge >= 0.3 is 11.9 Å². The Labute approximate surface area is 241 Å². The third-order valence-electron chi connectivity index (χ3n) is 7.13. The van der Waals surface area contributed by atoms with Crippen LogP contribution < -0.4 is 4.74 Å². The minimum atomic E-state index is -0.936. The summed E-state index contributed by atoms with van der Waals surface area (Å²) in [7, 11) is 0. The molecule has 4 aromatic carbocycles. The standard InChI is InChI=1S/C36H36O5/c37-35(38)32-21-15-28(16-22-32)13-14-29(26-30-18-23-33(24-19-30)36(39)40)17-20-31-11-4-5-12-34(31)41-25-7-6-10-27-8-2-1-3-9-27/h1-5,8-9,11-12,15-24,29H,6-7,10,13-14,25-26H2,(H,37,38)(H,39,40). The van der Waals surface area contributed by atoms with Gasteiger partial charge in [0.2, 0.25) is 0 Å². The molecule has 0 saturated carbocycles. The van der Waals surface area contributed by atoms with Crippen molar-refractivity contribution in [3.8, 4) is 5.75 Å². The molecule has 5 heteroatoms. The van der Waals surface area contributed by atoms with Gasteiger partial charge < -0.3 is 14.9 Å². The third-order valence-corrected chi connectivity index (χ3v) is 7.13. The molecule has 4 rings (SSSR count). The van der Waals surface area contributed by atoms with Crippen molar-refractivity contribution in [1.82, 2.24) is 0 Å². The molecule has 0 radical (unpaired) electrons. The number of carbonyl (C=O) groups is 2. The molecule has 41 heavy (non-hydrogen) atoms. The normalized spacial score (nSPS) is 11.8. The van der Waals surface area contributed by atoms with Crippen LogP contribution in [0.5, 0.6) is 5.75 Å². The maximum absolute atomic E-state index is 11.3. The van der Waals surface area contributed by atoms with Gasteiger partial charge in [-0.2, -0.15) is 0 Å². The number of benzene rings is 4. The molecule has 210 valence electrons. The highest BCUT2D eigenvalue weighted by atomic mass is 16.5. The Kier molecular flexibility index (Phi) is 10.9. The van der Waals surface area contributed by atoms with Crippen LogP contribution in [0.3, 0.4) is 0 Å². The largest absolute Gasteiger partial charge is 0.493 e. The molecule has 0 aromatic heterocycles. The lowest BCUT2D eigenvalue weighted by atomic mass is 9.91. The zero-order chi connectivity index (χ0) is 28.9. The highest BCUT2D eigenvalue weighted by Gasteiger charge is 2.11. The topological polar surface area (TPSA) is 83.8 Å². The molecule has 1 atom stereocenters. The van der Waals surface area contributed by atoms with Crippen molar-refractivity contribution >= 4 is 18.0 Å². The van der Waals surface area contributed by atoms with Gasteiger partial charge in [0.05, 0.1) is 17.7 Å². The number of aryl methyl sites for hydroxylation is 2. The van der Waals surface area contributed by atoms with Gasteiger partial charge in [0.15, 0.2) is 0 Å². The molecule has 0 spiro atoms. The van der Waals surface area contributed by atoms with Crippen molar-refractivity contribution in [3.63, 3.8) is 0 Å². The van der Waals surface area contributed by atoms with Crippen LogP contribution in [-0.2, 0) is 19.3 Å². The van der Waals surface area contributed by atoms with Crippen LogP contribution in [0.4, 0.5) is 0 Å². The van der Waals surface area contributed by atoms with Crippen molar-refractivity contribution in [2.45, 2.75) is 38.5 Å². The van der Waals surface area contributed by atoms with E-state index in [9.17, 15) is 19.8 Å². The zero-order valence-corrected chi connectivity index (χ0v) is 23.1. The number of ether oxygens (including phenoxy) is 1. The van der Waals surface area contributed by atoms with Gasteiger partial charge in [0.25, 0.3) is 0 Å². The molecule has 0 fully saturated rings. The van der Waals surface area contributed by atoms with E-state index >= 15 is 0 Å². The Morgan fingerprint density at radius 2 is 1.24 bits per heavy atom. The Morgan fingerprint density at radius 1 is 0.659 bits per heavy atom. The molecular formula is C36H36O5. The van der Waals surface area contributed by atoms with E-state index in [0.717, 1.165) is 61.0 Å². The highest BCUT2D eigenvalue weighted by molar-refractivity contribution is 5.88. The molecule has 0 bridgehead atoms. The fourth-order valence-electron chi connectivity index (χ4n) is 4.77. The van der Waals surface area contributed by atoms with Crippen LogP contribution in [0.2, 0.25) is 0 Å². The Hall–Kier alpha value is -4.64. The maximum Gasteiger partial charge on any atom is 0.335 e. The Morgan fingerprint density at radius 3 is 1.90 bits per heavy atom. The molecule has 5 nitrogen and oxygen atoms in total. The molecule has 2 N–H and O–H groups in total. The SMILES string of the molecule is O=C(O)c1ccc(CCC(C=Cc2ccccc2OCCCCc2ccccc2)Cc2ccc(C(=O)O)cc2)cc1. The zero-order valence-electron chi connectivity index (χ0n) is 23.1. The molecule has 0 aliphatic rings. The van der Waals surface area contributed by atoms with E-state index in [1.165, 1.54) is 5.56 Å². The highest BCUT2D eigenvalue weighted by Crippen LogP contribution is 2.24. The number of carboxylic acid groups (broad SMARTS) is 2. The van der Waals surface area contributed by atoms with Crippen LogP contribution in [0, 0.1) is 5.92 Å². The summed E-state index contributed by atoms with van der Waals surface area (Å²) in [6.07, 6.45) is 9.80. The van der Waals surface area contributed by atoms with Crippen molar-refractivity contribution in [2.75, 3.05) is 6.61 Å². The Balaban J connectivity index is 1.41. The van der Waals surface area contributed by atoms with Gasteiger partial charge in [-0.25, -0.2) is 9.59 Å². The Bertz CT molecular complexity index is 1420. The van der Waals surface area contributed by atoms with E-state index < -0.39 is 11.9 Å². The summed E-state index contributed by atoms with van der Waals surface area (Å²) in [4.78, 5) is 22.5. The van der Waals surface area contributed by atoms with Gasteiger partial charge in [-0.15, -0.1) is 0 Å². The van der Waals surface area contributed by atoms with Crippen LogP contribution in [0.25, 0.3) is 6.08 Å². The molecule has 0 aliphatic carbocycles. The second-order valence-corrected chi connectivity index (χ2v) is 10.2. The number of unbranched alkanes of at least 4 members (excludes halogenated alkanes) is 1. The van der Waals surface area contributed by atoms with Crippen molar-refractivity contribution in [2.24, 2.45) is 5.92 Å². The minimum absolute atomic E-state index is 0.184. The quantitative estimate of drug-likeness (QED) is 0.147. The molecular weight excluding hydrogens is 512 g/mol. The fraction of sp³-hybridized carbons (Fsp3) is 0.222. The lowest BCUT2D eigenvalue weighted by molar-refractivity contribution is 0.0686. The average molecular weight is 549 g/mol. The molecule has 0 heterocycles. The number of hydrogen-bond donors (Lipinski definition) is 2. The average Bonchev–Trinajstić information content (AvgIpc) is 3.00. The molecule has 1 unspecified atom stereocenters. The third kappa shape index (κ3) is 9.50. The molecule has 0 saturated heterocycles. The van der Waals surface area contributed by atoms with E-state index in [4.69, 9.17) is 4.74 Å². The number of carboxylic acids is 2. The van der Waals surface area contributed by atoms with Crippen molar-refractivity contribution in [1.29, 1.82) is 0 Å². The molecule has 0 aliphatic heterocycles. The first kappa shape index (κ1) is 29.3. The molecule has 0 amide bonds. The maximum atomic E-state index is 11.3. The number of aromatic carboxylic acids is 2. The first-order valence-corrected chi connectivity index (χ1v) is 14.1. The lowest BCUT2D eigenvalue weighted by Gasteiger charge is -2.15. The van der Waals surface area contributed by atoms with Crippen molar-refractivity contribution < 1.29 is 24.5 Å². The molecule has 4 aromatic rings. The second-order valence-electron chi connectivity index (χ2n) is 10.2. The summed E-state index contributed by atoms with van der Waals surface area (Å²) in [6.45, 7) is 0.656. The van der Waals surface area contributed by atoms with Gasteiger partial charge in [-0.05, 0) is 91.5 Å². The van der Waals surface area contributed by atoms with Gasteiger partial charge in [0, 0.05) is 5.56 Å². The summed E-state index contributed by atoms with van der Waals surface area (Å²) in [6, 6.07) is 32.6. The summed E-state index contributed by atoms with van der Waals surface area (Å²) in [5.41, 5.74) is 5.06. The number of para-hydroxylation sites is 1. The fourth-order valence-corrected chi connectivity index (χ4v) is 4.77. The number of hydrogen-bond acceptors (Lipinski definition) is 3. The van der Waals surface area contributed by atoms with Gasteiger partial charge in [0.1, 0.15) is 5.75 Å². The second kappa shape index (κ2) is 15.2. The summed E-state index contributed by atoms with van der Waals surface area (Å²) in [5, 5.41) is 18.4. The number of rotatable bonds is 15. The lowest BCUT2D eigenvalue weighted by Crippen LogP contribution is -2.05. The van der Waals surface area contributed by atoms with Crippen molar-refractivity contribution in [3.05, 3.63) is 143 Å². The summed E-state index contributed by atoms with van der Waals surface area (Å²) < 4.78 is 6.17. The smallest absolute Gasteiger partial charge is 0.335 e. The minimum Gasteiger partial charge on any atom is -0.493 e. The van der Waals surface area contributed by atoms with Crippen LogP contribution in [0.1, 0.15) is 62.2 Å². The van der Waals surface area contributed by atoms with E-state index in [1.54, 1.807) is 24.3 Å². The summed E-state index contributed by atoms with van der Waals surface area (Å²) >= 11 is 0. The first-order valence-electron chi connectivity index (χ1n) is 14.1. The van der Waals surface area contributed by atoms with Gasteiger partial charge in [-0.3, -0.25) is 0 Å². The summed E-state index contributed by atoms with van der Waals surface area (Å²) in [5.74, 6) is -0.824. The van der Waals surface area contributed by atoms with Gasteiger partial charge in [-0.1, -0.05) is 84.9 Å². The predicted molar refractivity (Wildman–Crippen MR) is 163 cm³/mol. The monoisotopic (exact) mass is 548 g/mol. The number of allylic oxidation sites excluding steroid dienone is 1. The van der Waals surface area contributed by atoms with Crippen LogP contribution >= 0.6 is 0 Å². The predicted octanol–water partition coefficient (Wildman–Crippen LogP) is 7.99. The van der Waals surface area contributed by atoms with E-state index in [2.05, 4.69) is 42.5 Å². The van der Waals surface area contributed by atoms with E-state index in [1.807, 2.05) is 48.5 Å². The van der Waals surface area contributed by atoms with E-state index in [0.29, 0.717) is 6.61 Å².